The van der Waals surface area contributed by atoms with Crippen molar-refractivity contribution in [3.8, 4) is 0 Å². The number of benzene rings is 2. The lowest BCUT2D eigenvalue weighted by Crippen LogP contribution is -2.44. The summed E-state index contributed by atoms with van der Waals surface area (Å²) in [5, 5.41) is 1.11. The van der Waals surface area contributed by atoms with E-state index in [9.17, 15) is 9.59 Å². The Morgan fingerprint density at radius 1 is 1.12 bits per heavy atom. The number of nitrogens with one attached hydrogen (secondary N) is 1. The van der Waals surface area contributed by atoms with Crippen molar-refractivity contribution in [1.82, 2.24) is 10.4 Å². The Kier molecular flexibility index (Phi) is 5.13. The number of hydrazine groups is 1. The maximum Gasteiger partial charge on any atom is 0.285 e. The van der Waals surface area contributed by atoms with Gasteiger partial charge in [0.05, 0.1) is 4.91 Å². The topological polar surface area (TPSA) is 49.4 Å². The fraction of sp³-hybridized carbons (Fsp3) is 0. The van der Waals surface area contributed by atoms with Gasteiger partial charge in [0.15, 0.2) is 4.32 Å². The number of amides is 2. The smallest absolute Gasteiger partial charge is 0.267 e. The average molecular weight is 419 g/mol. The number of hydrogen-bond donors (Lipinski definition) is 1. The second-order valence-corrected chi connectivity index (χ2v) is 7.38. The average Bonchev–Trinajstić information content (AvgIpc) is 2.85. The Morgan fingerprint density at radius 2 is 1.79 bits per heavy atom. The molecular formula is C17H11BrN2O2S2. The Morgan fingerprint density at radius 3 is 2.50 bits per heavy atom. The first-order valence-electron chi connectivity index (χ1n) is 6.95. The summed E-state index contributed by atoms with van der Waals surface area (Å²) in [4.78, 5) is 25.2. The molecule has 120 valence electrons. The number of halogens is 1. The molecule has 0 saturated carbocycles. The molecule has 1 heterocycles. The van der Waals surface area contributed by atoms with Crippen LogP contribution in [0.2, 0.25) is 0 Å². The quantitative estimate of drug-likeness (QED) is 0.604. The van der Waals surface area contributed by atoms with E-state index in [1.165, 1.54) is 0 Å². The first-order valence-corrected chi connectivity index (χ1v) is 8.96. The van der Waals surface area contributed by atoms with Crippen molar-refractivity contribution >= 4 is 62.1 Å². The number of carbonyl (C=O) groups is 2. The fourth-order valence-corrected chi connectivity index (χ4v) is 3.62. The molecule has 0 aliphatic carbocycles. The van der Waals surface area contributed by atoms with E-state index in [1.54, 1.807) is 30.3 Å². The van der Waals surface area contributed by atoms with Gasteiger partial charge in [-0.15, -0.1) is 0 Å². The van der Waals surface area contributed by atoms with Gasteiger partial charge in [-0.2, -0.15) is 5.01 Å². The van der Waals surface area contributed by atoms with Crippen molar-refractivity contribution in [3.05, 3.63) is 75.1 Å². The van der Waals surface area contributed by atoms with Crippen molar-refractivity contribution in [2.45, 2.75) is 0 Å². The van der Waals surface area contributed by atoms with E-state index in [4.69, 9.17) is 12.2 Å². The summed E-state index contributed by atoms with van der Waals surface area (Å²) in [6.45, 7) is 0. The molecule has 7 heteroatoms. The molecule has 0 unspecified atom stereocenters. The van der Waals surface area contributed by atoms with E-state index in [0.29, 0.717) is 14.8 Å². The summed E-state index contributed by atoms with van der Waals surface area (Å²) in [5.41, 5.74) is 3.88. The monoisotopic (exact) mass is 418 g/mol. The normalized spacial score (nSPS) is 15.9. The third-order valence-corrected chi connectivity index (χ3v) is 5.26. The molecule has 4 nitrogen and oxygen atoms in total. The number of hydrogen-bond acceptors (Lipinski definition) is 4. The minimum absolute atomic E-state index is 0.294. The second-order valence-electron chi connectivity index (χ2n) is 4.85. The zero-order chi connectivity index (χ0) is 17.1. The molecule has 1 aliphatic rings. The van der Waals surface area contributed by atoms with E-state index >= 15 is 0 Å². The summed E-state index contributed by atoms with van der Waals surface area (Å²) in [5.74, 6) is -0.723. The zero-order valence-corrected chi connectivity index (χ0v) is 15.5. The molecule has 1 fully saturated rings. The Balaban J connectivity index is 1.80. The Labute approximate surface area is 157 Å². The lowest BCUT2D eigenvalue weighted by molar-refractivity contribution is -0.123. The van der Waals surface area contributed by atoms with Gasteiger partial charge in [-0.3, -0.25) is 15.0 Å². The summed E-state index contributed by atoms with van der Waals surface area (Å²) in [6, 6.07) is 16.2. The largest absolute Gasteiger partial charge is 0.285 e. The highest BCUT2D eigenvalue weighted by molar-refractivity contribution is 9.10. The molecule has 0 radical (unpaired) electrons. The summed E-state index contributed by atoms with van der Waals surface area (Å²) >= 11 is 9.81. The van der Waals surface area contributed by atoms with Crippen LogP contribution in [0.1, 0.15) is 15.9 Å². The molecule has 0 atom stereocenters. The van der Waals surface area contributed by atoms with Gasteiger partial charge < -0.3 is 0 Å². The van der Waals surface area contributed by atoms with Crippen molar-refractivity contribution in [2.24, 2.45) is 0 Å². The molecule has 1 saturated heterocycles. The lowest BCUT2D eigenvalue weighted by atomic mass is 10.2. The molecule has 2 aromatic carbocycles. The molecule has 1 N–H and O–H groups in total. The van der Waals surface area contributed by atoms with Crippen LogP contribution in [0.4, 0.5) is 0 Å². The van der Waals surface area contributed by atoms with E-state index in [2.05, 4.69) is 21.4 Å². The van der Waals surface area contributed by atoms with E-state index < -0.39 is 0 Å². The highest BCUT2D eigenvalue weighted by Gasteiger charge is 2.33. The number of thioether (sulfide) groups is 1. The summed E-state index contributed by atoms with van der Waals surface area (Å²) in [6.07, 6.45) is 1.75. The molecule has 24 heavy (non-hydrogen) atoms. The molecule has 3 rings (SSSR count). The van der Waals surface area contributed by atoms with Crippen molar-refractivity contribution < 1.29 is 9.59 Å². The number of nitrogens with zero attached hydrogens (tertiary/aromatic N) is 1. The van der Waals surface area contributed by atoms with Gasteiger partial charge in [0.2, 0.25) is 0 Å². The van der Waals surface area contributed by atoms with Crippen LogP contribution in [0.5, 0.6) is 0 Å². The second kappa shape index (κ2) is 7.29. The van der Waals surface area contributed by atoms with E-state index in [0.717, 1.165) is 26.8 Å². The molecule has 0 aromatic heterocycles. The maximum absolute atomic E-state index is 12.5. The minimum atomic E-state index is -0.381. The van der Waals surface area contributed by atoms with Gasteiger partial charge >= 0.3 is 0 Å². The van der Waals surface area contributed by atoms with Gasteiger partial charge in [0.25, 0.3) is 11.8 Å². The number of carbonyl (C=O) groups excluding carboxylic acids is 2. The van der Waals surface area contributed by atoms with Gasteiger partial charge in [-0.25, -0.2) is 0 Å². The first kappa shape index (κ1) is 16.9. The van der Waals surface area contributed by atoms with Crippen LogP contribution < -0.4 is 5.43 Å². The third-order valence-electron chi connectivity index (χ3n) is 3.23. The van der Waals surface area contributed by atoms with Crippen molar-refractivity contribution in [1.29, 1.82) is 0 Å². The molecule has 0 bridgehead atoms. The predicted molar refractivity (Wildman–Crippen MR) is 103 cm³/mol. The van der Waals surface area contributed by atoms with Crippen LogP contribution in [-0.4, -0.2) is 21.1 Å². The van der Waals surface area contributed by atoms with E-state index in [1.807, 2.05) is 30.3 Å². The fourth-order valence-electron chi connectivity index (χ4n) is 2.05. The molecule has 2 amide bonds. The van der Waals surface area contributed by atoms with Crippen LogP contribution in [0.25, 0.3) is 6.08 Å². The Hall–Kier alpha value is -1.96. The zero-order valence-electron chi connectivity index (χ0n) is 12.2. The SMILES string of the molecule is O=C(NN1C(=O)/C(=C/c2ccccc2Br)SC1=S)c1ccccc1. The maximum atomic E-state index is 12.5. The molecule has 0 spiro atoms. The van der Waals surface area contributed by atoms with E-state index in [-0.39, 0.29) is 11.8 Å². The van der Waals surface area contributed by atoms with Crippen LogP contribution in [0.15, 0.2) is 64.0 Å². The van der Waals surface area contributed by atoms with Crippen molar-refractivity contribution in [2.75, 3.05) is 0 Å². The Bertz CT molecular complexity index is 853. The van der Waals surface area contributed by atoms with Crippen LogP contribution >= 0.6 is 39.9 Å². The summed E-state index contributed by atoms with van der Waals surface area (Å²) < 4.78 is 1.17. The molecule has 1 aliphatic heterocycles. The van der Waals surface area contributed by atoms with Gasteiger partial charge in [0.1, 0.15) is 0 Å². The van der Waals surface area contributed by atoms with Gasteiger partial charge in [-0.1, -0.05) is 64.1 Å². The third kappa shape index (κ3) is 3.58. The lowest BCUT2D eigenvalue weighted by Gasteiger charge is -2.15. The van der Waals surface area contributed by atoms with Gasteiger partial charge in [0, 0.05) is 10.0 Å². The number of rotatable bonds is 3. The van der Waals surface area contributed by atoms with Crippen LogP contribution in [0.3, 0.4) is 0 Å². The minimum Gasteiger partial charge on any atom is -0.267 e. The van der Waals surface area contributed by atoms with Crippen molar-refractivity contribution in [3.63, 3.8) is 0 Å². The number of thiocarbonyl (C=S) groups is 1. The molecular weight excluding hydrogens is 408 g/mol. The standard InChI is InChI=1S/C17H11BrN2O2S2/c18-13-9-5-4-8-12(13)10-14-16(22)20(17(23)24-14)19-15(21)11-6-2-1-3-7-11/h1-10H,(H,19,21)/b14-10-. The summed E-state index contributed by atoms with van der Waals surface area (Å²) in [7, 11) is 0. The van der Waals surface area contributed by atoms with Crippen LogP contribution in [0, 0.1) is 0 Å². The molecule has 2 aromatic rings. The highest BCUT2D eigenvalue weighted by Crippen LogP contribution is 2.32. The predicted octanol–water partition coefficient (Wildman–Crippen LogP) is 4.00. The first-order chi connectivity index (χ1) is 11.6. The van der Waals surface area contributed by atoms with Crippen LogP contribution in [-0.2, 0) is 4.79 Å². The highest BCUT2D eigenvalue weighted by atomic mass is 79.9. The van der Waals surface area contributed by atoms with Gasteiger partial charge in [-0.05, 0) is 42.1 Å².